The van der Waals surface area contributed by atoms with Gasteiger partial charge in [-0.25, -0.2) is 4.79 Å². The fourth-order valence-electron chi connectivity index (χ4n) is 4.26. The Morgan fingerprint density at radius 1 is 1.06 bits per heavy atom. The van der Waals surface area contributed by atoms with E-state index in [1.54, 1.807) is 11.2 Å². The molecule has 172 valence electrons. The van der Waals surface area contributed by atoms with Gasteiger partial charge in [-0.3, -0.25) is 0 Å². The molecule has 0 aromatic heterocycles. The summed E-state index contributed by atoms with van der Waals surface area (Å²) < 4.78 is 23.6. The summed E-state index contributed by atoms with van der Waals surface area (Å²) in [5.41, 5.74) is 3.01. The fourth-order valence-corrected chi connectivity index (χ4v) is 4.78. The first-order valence-corrected chi connectivity index (χ1v) is 12.7. The fraction of sp³-hybridized carbons (Fsp3) is 0.480. The second kappa shape index (κ2) is 9.24. The average Bonchev–Trinajstić information content (AvgIpc) is 3.18. The maximum atomic E-state index is 12.3. The Morgan fingerprint density at radius 3 is 2.38 bits per heavy atom. The molecule has 0 aliphatic carbocycles. The summed E-state index contributed by atoms with van der Waals surface area (Å²) in [6, 6.07) is 14.2. The number of ether oxygens (including phenoxy) is 2. The number of piperidine rings is 1. The molecule has 1 atom stereocenters. The van der Waals surface area contributed by atoms with Gasteiger partial charge in [0.15, 0.2) is 4.90 Å². The quantitative estimate of drug-likeness (QED) is 0.613. The molecule has 2 aromatic rings. The molecule has 6 nitrogen and oxygen atoms in total. The molecule has 2 heterocycles. The summed E-state index contributed by atoms with van der Waals surface area (Å²) in [6.45, 7) is 7.84. The van der Waals surface area contributed by atoms with Crippen LogP contribution in [0.3, 0.4) is 0 Å². The summed E-state index contributed by atoms with van der Waals surface area (Å²) in [5.74, 6) is 0.937. The minimum atomic E-state index is -0.974. The van der Waals surface area contributed by atoms with E-state index in [4.69, 9.17) is 9.47 Å². The predicted octanol–water partition coefficient (Wildman–Crippen LogP) is 4.90. The first kappa shape index (κ1) is 22.8. The van der Waals surface area contributed by atoms with Gasteiger partial charge < -0.3 is 23.8 Å². The summed E-state index contributed by atoms with van der Waals surface area (Å²) in [4.78, 5) is 17.2. The number of nitrogens with zero attached hydrogens (tertiary/aromatic N) is 2. The highest BCUT2D eigenvalue weighted by Crippen LogP contribution is 2.40. The van der Waals surface area contributed by atoms with Crippen LogP contribution in [-0.2, 0) is 22.3 Å². The third-order valence-electron chi connectivity index (χ3n) is 5.85. The van der Waals surface area contributed by atoms with Gasteiger partial charge in [-0.15, -0.1) is 0 Å². The minimum absolute atomic E-state index is 0.0908. The van der Waals surface area contributed by atoms with Crippen LogP contribution in [0.5, 0.6) is 5.75 Å². The number of carbonyl (C=O) groups is 1. The molecule has 0 radical (unpaired) electrons. The molecule has 0 saturated carbocycles. The molecule has 0 bridgehead atoms. The molecule has 2 aromatic carbocycles. The zero-order valence-electron chi connectivity index (χ0n) is 19.3. The zero-order chi connectivity index (χ0) is 22.9. The highest BCUT2D eigenvalue weighted by atomic mass is 32.2. The van der Waals surface area contributed by atoms with Gasteiger partial charge in [-0.05, 0) is 74.8 Å². The van der Waals surface area contributed by atoms with E-state index in [0.29, 0.717) is 13.1 Å². The summed E-state index contributed by atoms with van der Waals surface area (Å²) in [6.07, 6.45) is 4.05. The van der Waals surface area contributed by atoms with Crippen LogP contribution in [0.25, 0.3) is 0 Å². The van der Waals surface area contributed by atoms with E-state index in [-0.39, 0.29) is 12.2 Å². The number of carbonyl (C=O) groups excluding carboxylic acids is 1. The largest absolute Gasteiger partial charge is 0.612 e. The van der Waals surface area contributed by atoms with Crippen molar-refractivity contribution in [1.82, 2.24) is 4.90 Å². The Hall–Kier alpha value is -2.38. The van der Waals surface area contributed by atoms with Crippen molar-refractivity contribution in [2.24, 2.45) is 0 Å². The van der Waals surface area contributed by atoms with E-state index < -0.39 is 16.8 Å². The van der Waals surface area contributed by atoms with Crippen LogP contribution in [0.1, 0.15) is 39.2 Å². The van der Waals surface area contributed by atoms with E-state index in [2.05, 4.69) is 11.0 Å². The molecule has 1 unspecified atom stereocenters. The lowest BCUT2D eigenvalue weighted by Crippen LogP contribution is -2.44. The SMILES string of the molecule is C[S+]([O-])c1ccc(N2CCc3c(OC4CCN(C(=O)OC(C)(C)C)CC4)cccc32)cc1. The van der Waals surface area contributed by atoms with Gasteiger partial charge in [-0.2, -0.15) is 0 Å². The molecular weight excluding hydrogens is 424 g/mol. The molecule has 2 aliphatic heterocycles. The van der Waals surface area contributed by atoms with Gasteiger partial charge in [-0.1, -0.05) is 6.07 Å². The van der Waals surface area contributed by atoms with Crippen LogP contribution in [0.4, 0.5) is 16.2 Å². The van der Waals surface area contributed by atoms with E-state index in [1.165, 1.54) is 11.3 Å². The smallest absolute Gasteiger partial charge is 0.410 e. The Balaban J connectivity index is 1.40. The van der Waals surface area contributed by atoms with E-state index in [0.717, 1.165) is 42.1 Å². The highest BCUT2D eigenvalue weighted by Gasteiger charge is 2.29. The lowest BCUT2D eigenvalue weighted by atomic mass is 10.1. The van der Waals surface area contributed by atoms with Crippen molar-refractivity contribution < 1.29 is 18.8 Å². The van der Waals surface area contributed by atoms with Crippen LogP contribution in [-0.4, -0.2) is 53.1 Å². The zero-order valence-corrected chi connectivity index (χ0v) is 20.1. The third-order valence-corrected chi connectivity index (χ3v) is 6.79. The molecule has 32 heavy (non-hydrogen) atoms. The summed E-state index contributed by atoms with van der Waals surface area (Å²) in [5, 5.41) is 0. The predicted molar refractivity (Wildman–Crippen MR) is 127 cm³/mol. The number of likely N-dealkylation sites (tertiary alicyclic amines) is 1. The number of fused-ring (bicyclic) bond motifs is 1. The number of benzene rings is 2. The van der Waals surface area contributed by atoms with Crippen molar-refractivity contribution in [3.05, 3.63) is 48.0 Å². The Morgan fingerprint density at radius 2 is 1.75 bits per heavy atom. The van der Waals surface area contributed by atoms with Crippen LogP contribution >= 0.6 is 0 Å². The van der Waals surface area contributed by atoms with E-state index in [9.17, 15) is 9.35 Å². The van der Waals surface area contributed by atoms with Crippen molar-refractivity contribution in [2.75, 3.05) is 30.8 Å². The molecule has 1 amide bonds. The first-order valence-electron chi connectivity index (χ1n) is 11.2. The van der Waals surface area contributed by atoms with Gasteiger partial charge in [0.2, 0.25) is 0 Å². The van der Waals surface area contributed by atoms with E-state index in [1.807, 2.05) is 57.2 Å². The van der Waals surface area contributed by atoms with Crippen molar-refractivity contribution in [2.45, 2.75) is 56.6 Å². The molecule has 4 rings (SSSR count). The second-order valence-electron chi connectivity index (χ2n) is 9.39. The molecular formula is C25H32N2O4S. The van der Waals surface area contributed by atoms with Gasteiger partial charge in [0.25, 0.3) is 0 Å². The Bertz CT molecular complexity index is 947. The van der Waals surface area contributed by atoms with Crippen LogP contribution < -0.4 is 9.64 Å². The number of anilines is 2. The van der Waals surface area contributed by atoms with Crippen molar-refractivity contribution in [3.8, 4) is 5.75 Å². The van der Waals surface area contributed by atoms with E-state index >= 15 is 0 Å². The van der Waals surface area contributed by atoms with Crippen LogP contribution in [0, 0.1) is 0 Å². The highest BCUT2D eigenvalue weighted by molar-refractivity contribution is 7.90. The topological polar surface area (TPSA) is 65.1 Å². The number of hydrogen-bond donors (Lipinski definition) is 0. The molecule has 0 spiro atoms. The average molecular weight is 457 g/mol. The molecule has 1 saturated heterocycles. The van der Waals surface area contributed by atoms with Gasteiger partial charge >= 0.3 is 6.09 Å². The van der Waals surface area contributed by atoms with Crippen molar-refractivity contribution >= 4 is 28.6 Å². The minimum Gasteiger partial charge on any atom is -0.612 e. The van der Waals surface area contributed by atoms with Crippen molar-refractivity contribution in [1.29, 1.82) is 0 Å². The number of hydrogen-bond acceptors (Lipinski definition) is 5. The first-order chi connectivity index (χ1) is 15.2. The lowest BCUT2D eigenvalue weighted by molar-refractivity contribution is 0.0126. The second-order valence-corrected chi connectivity index (χ2v) is 10.8. The molecule has 1 fully saturated rings. The molecule has 7 heteroatoms. The van der Waals surface area contributed by atoms with Gasteiger partial charge in [0.1, 0.15) is 23.7 Å². The Labute approximate surface area is 193 Å². The monoisotopic (exact) mass is 456 g/mol. The maximum Gasteiger partial charge on any atom is 0.410 e. The van der Waals surface area contributed by atoms with Gasteiger partial charge in [0, 0.05) is 49.4 Å². The van der Waals surface area contributed by atoms with Crippen LogP contribution in [0.2, 0.25) is 0 Å². The normalized spacial score (nSPS) is 17.8. The third kappa shape index (κ3) is 5.15. The molecule has 2 aliphatic rings. The number of amides is 1. The Kier molecular flexibility index (Phi) is 6.58. The maximum absolute atomic E-state index is 12.3. The summed E-state index contributed by atoms with van der Waals surface area (Å²) >= 11 is -0.974. The summed E-state index contributed by atoms with van der Waals surface area (Å²) in [7, 11) is 0. The number of rotatable bonds is 4. The van der Waals surface area contributed by atoms with Gasteiger partial charge in [0.05, 0.1) is 0 Å². The molecule has 0 N–H and O–H groups in total. The standard InChI is InChI=1S/C25H32N2O4S/c1-25(2,3)31-24(28)26-15-12-19(13-16-26)30-23-7-5-6-22-21(23)14-17-27(22)18-8-10-20(11-9-18)32(4)29/h5-11,19H,12-17H2,1-4H3. The van der Waals surface area contributed by atoms with Crippen LogP contribution in [0.15, 0.2) is 47.4 Å². The lowest BCUT2D eigenvalue weighted by Gasteiger charge is -2.33. The van der Waals surface area contributed by atoms with Crippen molar-refractivity contribution in [3.63, 3.8) is 0 Å².